The van der Waals surface area contributed by atoms with E-state index < -0.39 is 0 Å². The third kappa shape index (κ3) is 2.63. The zero-order valence-corrected chi connectivity index (χ0v) is 16.2. The highest BCUT2D eigenvalue weighted by atomic mass is 16.2. The molecule has 1 unspecified atom stereocenters. The minimum Gasteiger partial charge on any atom is -0.336 e. The molecule has 1 aliphatic heterocycles. The number of nitrogens with one attached hydrogen (secondary N) is 1. The first-order valence-electron chi connectivity index (χ1n) is 10.5. The summed E-state index contributed by atoms with van der Waals surface area (Å²) >= 11 is 0. The molecule has 1 N–H and O–H groups in total. The number of carbonyl (C=O) groups is 1. The van der Waals surface area contributed by atoms with Crippen LogP contribution >= 0.6 is 0 Å². The van der Waals surface area contributed by atoms with E-state index >= 15 is 0 Å². The first-order chi connectivity index (χ1) is 14.1. The molecule has 0 radical (unpaired) electrons. The van der Waals surface area contributed by atoms with Crippen molar-refractivity contribution in [2.24, 2.45) is 0 Å². The summed E-state index contributed by atoms with van der Waals surface area (Å²) in [6.07, 6.45) is 9.46. The van der Waals surface area contributed by atoms with Crippen LogP contribution in [0, 0.1) is 0 Å². The molecule has 3 aliphatic rings. The monoisotopic (exact) mass is 389 g/mol. The highest BCUT2D eigenvalue weighted by Gasteiger charge is 2.46. The Hall–Kier alpha value is -2.96. The number of piperidine rings is 1. The van der Waals surface area contributed by atoms with Gasteiger partial charge < -0.3 is 14.3 Å². The molecule has 2 fully saturated rings. The van der Waals surface area contributed by atoms with E-state index in [9.17, 15) is 9.59 Å². The van der Waals surface area contributed by atoms with Gasteiger partial charge >= 0.3 is 0 Å². The van der Waals surface area contributed by atoms with Crippen LogP contribution in [-0.2, 0) is 11.8 Å². The molecule has 4 heterocycles. The van der Waals surface area contributed by atoms with Gasteiger partial charge in [-0.05, 0) is 50.7 Å². The van der Waals surface area contributed by atoms with Gasteiger partial charge in [0, 0.05) is 42.4 Å². The maximum atomic E-state index is 13.2. The van der Waals surface area contributed by atoms with Gasteiger partial charge in [-0.3, -0.25) is 9.59 Å². The molecule has 7 heteroatoms. The lowest BCUT2D eigenvalue weighted by molar-refractivity contribution is 0.0628. The predicted molar refractivity (Wildman–Crippen MR) is 107 cm³/mol. The van der Waals surface area contributed by atoms with E-state index in [1.165, 1.54) is 0 Å². The van der Waals surface area contributed by atoms with E-state index in [2.05, 4.69) is 9.97 Å². The summed E-state index contributed by atoms with van der Waals surface area (Å²) in [6, 6.07) is 5.74. The lowest BCUT2D eigenvalue weighted by Gasteiger charge is -2.40. The molecule has 7 nitrogen and oxygen atoms in total. The number of fused-ring (bicyclic) bond motifs is 3. The summed E-state index contributed by atoms with van der Waals surface area (Å²) in [4.78, 5) is 40.2. The summed E-state index contributed by atoms with van der Waals surface area (Å²) in [7, 11) is 0. The van der Waals surface area contributed by atoms with Crippen molar-refractivity contribution < 1.29 is 4.79 Å². The standard InChI is InChI=1S/C22H23N5O2/c28-20-15-7-9-22(18(15)24-19(25-20)14-5-6-14)8-3-11-27(13-22)21(29)16-12-26-10-2-1-4-17(26)23-16/h1-2,4,10,12,14H,3,5-9,11,13H2,(H,24,25,28). The van der Waals surface area contributed by atoms with E-state index in [4.69, 9.17) is 4.98 Å². The Morgan fingerprint density at radius 2 is 2.10 bits per heavy atom. The predicted octanol–water partition coefficient (Wildman–Crippen LogP) is 2.42. The maximum Gasteiger partial charge on any atom is 0.274 e. The zero-order valence-electron chi connectivity index (χ0n) is 16.2. The molecule has 3 aromatic heterocycles. The largest absolute Gasteiger partial charge is 0.336 e. The summed E-state index contributed by atoms with van der Waals surface area (Å²) in [5, 5.41) is 0. The number of aromatic amines is 1. The van der Waals surface area contributed by atoms with E-state index in [1.54, 1.807) is 6.20 Å². The van der Waals surface area contributed by atoms with Gasteiger partial charge in [0.2, 0.25) is 0 Å². The molecule has 2 aliphatic carbocycles. The SMILES string of the molecule is O=C(c1cn2ccccc2n1)N1CCCC2(CCc3c2nc(C2CC2)[nH]c3=O)C1. The van der Waals surface area contributed by atoms with Gasteiger partial charge in [0.05, 0.1) is 5.69 Å². The highest BCUT2D eigenvalue weighted by Crippen LogP contribution is 2.45. The van der Waals surface area contributed by atoms with E-state index in [-0.39, 0.29) is 16.9 Å². The summed E-state index contributed by atoms with van der Waals surface area (Å²) in [6.45, 7) is 1.34. The molecule has 1 atom stereocenters. The molecular weight excluding hydrogens is 366 g/mol. The second-order valence-corrected chi connectivity index (χ2v) is 8.76. The van der Waals surface area contributed by atoms with Crippen LogP contribution in [0.3, 0.4) is 0 Å². The van der Waals surface area contributed by atoms with Crippen LogP contribution in [0.4, 0.5) is 0 Å². The van der Waals surface area contributed by atoms with Gasteiger partial charge in [0.1, 0.15) is 17.2 Å². The summed E-state index contributed by atoms with van der Waals surface area (Å²) in [5.74, 6) is 1.22. The highest BCUT2D eigenvalue weighted by molar-refractivity contribution is 5.93. The van der Waals surface area contributed by atoms with Crippen LogP contribution in [0.2, 0.25) is 0 Å². The summed E-state index contributed by atoms with van der Waals surface area (Å²) < 4.78 is 1.88. The van der Waals surface area contributed by atoms with Crippen LogP contribution < -0.4 is 5.56 Å². The number of aromatic nitrogens is 4. The Bertz CT molecular complexity index is 1160. The van der Waals surface area contributed by atoms with Gasteiger partial charge in [-0.25, -0.2) is 9.97 Å². The average molecular weight is 389 g/mol. The Labute approximate surface area is 167 Å². The van der Waals surface area contributed by atoms with Gasteiger partial charge in [0.25, 0.3) is 11.5 Å². The van der Waals surface area contributed by atoms with Crippen LogP contribution in [-0.4, -0.2) is 43.2 Å². The molecular formula is C22H23N5O2. The van der Waals surface area contributed by atoms with Crippen molar-refractivity contribution in [1.82, 2.24) is 24.3 Å². The van der Waals surface area contributed by atoms with Gasteiger partial charge in [-0.1, -0.05) is 6.07 Å². The topological polar surface area (TPSA) is 83.4 Å². The van der Waals surface area contributed by atoms with Crippen molar-refractivity contribution in [3.8, 4) is 0 Å². The number of amides is 1. The number of rotatable bonds is 2. The third-order valence-corrected chi connectivity index (χ3v) is 6.80. The fraction of sp³-hybridized carbons (Fsp3) is 0.455. The number of imidazole rings is 1. The smallest absolute Gasteiger partial charge is 0.274 e. The molecule has 1 spiro atoms. The van der Waals surface area contributed by atoms with Crippen molar-refractivity contribution in [2.75, 3.05) is 13.1 Å². The maximum absolute atomic E-state index is 13.2. The Morgan fingerprint density at radius 3 is 2.93 bits per heavy atom. The fourth-order valence-electron chi connectivity index (χ4n) is 5.12. The Balaban J connectivity index is 1.34. The summed E-state index contributed by atoms with van der Waals surface area (Å²) in [5.41, 5.74) is 2.87. The second-order valence-electron chi connectivity index (χ2n) is 8.76. The number of H-pyrrole nitrogens is 1. The van der Waals surface area contributed by atoms with Crippen LogP contribution in [0.1, 0.15) is 65.6 Å². The minimum atomic E-state index is -0.194. The number of carbonyl (C=O) groups excluding carboxylic acids is 1. The van der Waals surface area contributed by atoms with E-state index in [0.717, 1.165) is 67.8 Å². The number of hydrogen-bond acceptors (Lipinski definition) is 4. The van der Waals surface area contributed by atoms with Gasteiger partial charge in [-0.15, -0.1) is 0 Å². The average Bonchev–Trinajstić information content (AvgIpc) is 3.41. The van der Waals surface area contributed by atoms with Crippen molar-refractivity contribution >= 4 is 11.6 Å². The molecule has 6 rings (SSSR count). The molecule has 148 valence electrons. The molecule has 3 aromatic rings. The van der Waals surface area contributed by atoms with Crippen LogP contribution in [0.5, 0.6) is 0 Å². The van der Waals surface area contributed by atoms with Crippen molar-refractivity contribution in [1.29, 1.82) is 0 Å². The number of hydrogen-bond donors (Lipinski definition) is 1. The normalized spacial score (nSPS) is 23.7. The van der Waals surface area contributed by atoms with Crippen molar-refractivity contribution in [3.63, 3.8) is 0 Å². The van der Waals surface area contributed by atoms with Crippen LogP contribution in [0.25, 0.3) is 5.65 Å². The molecule has 29 heavy (non-hydrogen) atoms. The third-order valence-electron chi connectivity index (χ3n) is 6.80. The van der Waals surface area contributed by atoms with Gasteiger partial charge in [0.15, 0.2) is 0 Å². The number of nitrogens with zero attached hydrogens (tertiary/aromatic N) is 4. The van der Waals surface area contributed by atoms with Crippen molar-refractivity contribution in [3.05, 3.63) is 63.7 Å². The molecule has 1 saturated carbocycles. The second kappa shape index (κ2) is 6.02. The first-order valence-corrected chi connectivity index (χ1v) is 10.5. The minimum absolute atomic E-state index is 0.0255. The molecule has 0 aromatic carbocycles. The van der Waals surface area contributed by atoms with Crippen molar-refractivity contribution in [2.45, 2.75) is 49.9 Å². The lowest BCUT2D eigenvalue weighted by atomic mass is 9.77. The quantitative estimate of drug-likeness (QED) is 0.730. The zero-order chi connectivity index (χ0) is 19.6. The number of pyridine rings is 1. The molecule has 1 amide bonds. The Kier molecular flexibility index (Phi) is 3.52. The van der Waals surface area contributed by atoms with E-state index in [1.807, 2.05) is 33.7 Å². The van der Waals surface area contributed by atoms with Crippen LogP contribution in [0.15, 0.2) is 35.4 Å². The molecule has 1 saturated heterocycles. The van der Waals surface area contributed by atoms with Gasteiger partial charge in [-0.2, -0.15) is 0 Å². The lowest BCUT2D eigenvalue weighted by Crippen LogP contribution is -2.48. The number of likely N-dealkylation sites (tertiary alicyclic amines) is 1. The fourth-order valence-corrected chi connectivity index (χ4v) is 5.12. The Morgan fingerprint density at radius 1 is 1.21 bits per heavy atom. The molecule has 0 bridgehead atoms. The first kappa shape index (κ1) is 16.9. The van der Waals surface area contributed by atoms with E-state index in [0.29, 0.717) is 18.2 Å².